The Kier molecular flexibility index (Phi) is 78.5. The summed E-state index contributed by atoms with van der Waals surface area (Å²) in [6.45, 7) is 12.1. The van der Waals surface area contributed by atoms with Crippen LogP contribution >= 0.6 is 15.6 Å². The third kappa shape index (κ3) is 83.8. The maximum Gasteiger partial charge on any atom is 0.472 e. The molecule has 17 nitrogen and oxygen atoms in total. The first-order chi connectivity index (χ1) is 52.7. The molecule has 0 fully saturated rings. The summed E-state index contributed by atoms with van der Waals surface area (Å²) < 4.78 is 69.1. The zero-order chi connectivity index (χ0) is 80.0. The van der Waals surface area contributed by atoms with Crippen molar-refractivity contribution >= 4 is 39.5 Å². The summed E-state index contributed by atoms with van der Waals surface area (Å²) in [5.41, 5.74) is 0. The van der Waals surface area contributed by atoms with E-state index in [4.69, 9.17) is 37.0 Å². The number of carbonyl (C=O) groups is 4. The highest BCUT2D eigenvalue weighted by Crippen LogP contribution is 2.45. The monoisotopic (exact) mass is 1590 g/mol. The smallest absolute Gasteiger partial charge is 0.462 e. The number of phosphoric acid groups is 2. The first-order valence-corrected chi connectivity index (χ1v) is 49.3. The minimum absolute atomic E-state index is 0.108. The number of rotatable bonds is 88. The van der Waals surface area contributed by atoms with Gasteiger partial charge in [0.25, 0.3) is 0 Å². The van der Waals surface area contributed by atoms with Crippen LogP contribution in [0.5, 0.6) is 0 Å². The maximum absolute atomic E-state index is 13.2. The van der Waals surface area contributed by atoms with Gasteiger partial charge in [-0.1, -0.05) is 427 Å². The third-order valence-corrected chi connectivity index (χ3v) is 23.0. The maximum atomic E-state index is 13.2. The summed E-state index contributed by atoms with van der Waals surface area (Å²) >= 11 is 0. The Morgan fingerprint density at radius 2 is 0.422 bits per heavy atom. The van der Waals surface area contributed by atoms with Crippen molar-refractivity contribution < 1.29 is 80.2 Å². The lowest BCUT2D eigenvalue weighted by molar-refractivity contribution is -0.161. The molecule has 5 atom stereocenters. The quantitative estimate of drug-likeness (QED) is 0.0222. The second kappa shape index (κ2) is 79.9. The van der Waals surface area contributed by atoms with E-state index in [0.717, 1.165) is 108 Å². The van der Waals surface area contributed by atoms with E-state index >= 15 is 0 Å². The molecule has 0 spiro atoms. The Labute approximate surface area is 670 Å². The number of ether oxygens (including phenoxy) is 4. The molecule has 0 aromatic rings. The zero-order valence-corrected chi connectivity index (χ0v) is 73.8. The molecule has 0 heterocycles. The molecule has 0 aliphatic carbocycles. The molecular formula is C90H176O17P2. The van der Waals surface area contributed by atoms with Gasteiger partial charge in [0.1, 0.15) is 19.3 Å². The summed E-state index contributed by atoms with van der Waals surface area (Å²) in [7, 11) is -9.94. The topological polar surface area (TPSA) is 237 Å². The number of aliphatic hydroxyl groups is 1. The zero-order valence-electron chi connectivity index (χ0n) is 72.0. The Morgan fingerprint density at radius 3 is 0.624 bits per heavy atom. The van der Waals surface area contributed by atoms with E-state index < -0.39 is 97.5 Å². The lowest BCUT2D eigenvalue weighted by Gasteiger charge is -2.21. The number of aliphatic hydroxyl groups excluding tert-OH is 1. The normalized spacial score (nSPS) is 13.8. The van der Waals surface area contributed by atoms with Crippen LogP contribution < -0.4 is 0 Å². The molecule has 19 heteroatoms. The van der Waals surface area contributed by atoms with Crippen LogP contribution in [-0.2, 0) is 65.4 Å². The number of esters is 4. The van der Waals surface area contributed by atoms with Crippen LogP contribution in [0.2, 0.25) is 0 Å². The highest BCUT2D eigenvalue weighted by Gasteiger charge is 2.31. The summed E-state index contributed by atoms with van der Waals surface area (Å²) in [6.07, 6.45) is 72.1. The average Bonchev–Trinajstić information content (AvgIpc) is 0.897. The fourth-order valence-corrected chi connectivity index (χ4v) is 15.7. The minimum atomic E-state index is -4.97. The van der Waals surface area contributed by atoms with Gasteiger partial charge in [-0.05, 0) is 43.4 Å². The molecule has 648 valence electrons. The first kappa shape index (κ1) is 107. The SMILES string of the molecule is CCCCCCCCCCCCCCC(=O)OC[C@H](COP(=O)(O)OC[C@H](O)COP(=O)(O)OC[C@@H](COC(=O)CCCCCCCCCCCCCCCCCCC(C)C)OC(=O)CCCCCCCCCCCCCCCCCCCCC(C)C)OC(=O)CCCCCCCCCCCCCCCCC(C)C. The van der Waals surface area contributed by atoms with Crippen molar-refractivity contribution in [1.29, 1.82) is 0 Å². The van der Waals surface area contributed by atoms with Crippen LogP contribution in [0.1, 0.15) is 479 Å². The lowest BCUT2D eigenvalue weighted by Crippen LogP contribution is -2.30. The second-order valence-corrected chi connectivity index (χ2v) is 36.7. The Morgan fingerprint density at radius 1 is 0.248 bits per heavy atom. The van der Waals surface area contributed by atoms with Crippen LogP contribution in [0.25, 0.3) is 0 Å². The molecule has 0 saturated carbocycles. The van der Waals surface area contributed by atoms with Crippen molar-refractivity contribution in [3.63, 3.8) is 0 Å². The predicted octanol–water partition coefficient (Wildman–Crippen LogP) is 27.6. The molecule has 0 rings (SSSR count). The van der Waals surface area contributed by atoms with Gasteiger partial charge in [0.05, 0.1) is 26.4 Å². The van der Waals surface area contributed by atoms with E-state index in [9.17, 15) is 43.2 Å². The van der Waals surface area contributed by atoms with Gasteiger partial charge in [0, 0.05) is 25.7 Å². The van der Waals surface area contributed by atoms with Gasteiger partial charge in [0.2, 0.25) is 0 Å². The second-order valence-electron chi connectivity index (χ2n) is 33.8. The molecule has 0 amide bonds. The Balaban J connectivity index is 5.25. The minimum Gasteiger partial charge on any atom is -0.462 e. The van der Waals surface area contributed by atoms with Gasteiger partial charge >= 0.3 is 39.5 Å². The van der Waals surface area contributed by atoms with E-state index in [1.54, 1.807) is 0 Å². The molecule has 0 aromatic carbocycles. The van der Waals surface area contributed by atoms with Gasteiger partial charge in [0.15, 0.2) is 12.2 Å². The molecule has 0 radical (unpaired) electrons. The number of phosphoric ester groups is 2. The number of carbonyl (C=O) groups excluding carboxylic acids is 4. The van der Waals surface area contributed by atoms with E-state index in [1.807, 2.05) is 0 Å². The predicted molar refractivity (Wildman–Crippen MR) is 451 cm³/mol. The first-order valence-electron chi connectivity index (χ1n) is 46.3. The molecular weight excluding hydrogens is 1410 g/mol. The van der Waals surface area contributed by atoms with Crippen LogP contribution in [0.3, 0.4) is 0 Å². The Bertz CT molecular complexity index is 2100. The fourth-order valence-electron chi connectivity index (χ4n) is 14.1. The molecule has 2 unspecified atom stereocenters. The van der Waals surface area contributed by atoms with E-state index in [0.29, 0.717) is 25.7 Å². The van der Waals surface area contributed by atoms with Crippen LogP contribution in [-0.4, -0.2) is 96.7 Å². The molecule has 0 aromatic heterocycles. The molecule has 0 aliphatic rings. The van der Waals surface area contributed by atoms with Gasteiger partial charge < -0.3 is 33.8 Å². The van der Waals surface area contributed by atoms with Crippen molar-refractivity contribution in [3.05, 3.63) is 0 Å². The van der Waals surface area contributed by atoms with Crippen molar-refractivity contribution in [1.82, 2.24) is 0 Å². The molecule has 0 aliphatic heterocycles. The van der Waals surface area contributed by atoms with E-state index in [-0.39, 0.29) is 25.7 Å². The summed E-state index contributed by atoms with van der Waals surface area (Å²) in [4.78, 5) is 73.4. The van der Waals surface area contributed by atoms with Gasteiger partial charge in [-0.25, -0.2) is 9.13 Å². The summed E-state index contributed by atoms with van der Waals surface area (Å²) in [5, 5.41) is 10.7. The highest BCUT2D eigenvalue weighted by atomic mass is 31.2. The van der Waals surface area contributed by atoms with Gasteiger partial charge in [-0.3, -0.25) is 37.3 Å². The van der Waals surface area contributed by atoms with E-state index in [2.05, 4.69) is 48.5 Å². The van der Waals surface area contributed by atoms with Crippen LogP contribution in [0, 0.1) is 17.8 Å². The van der Waals surface area contributed by atoms with Crippen LogP contribution in [0.15, 0.2) is 0 Å². The van der Waals surface area contributed by atoms with Gasteiger partial charge in [-0.2, -0.15) is 0 Å². The largest absolute Gasteiger partial charge is 0.472 e. The third-order valence-electron chi connectivity index (χ3n) is 21.1. The number of unbranched alkanes of at least 4 members (excludes halogenated alkanes) is 56. The lowest BCUT2D eigenvalue weighted by atomic mass is 10.0. The molecule has 3 N–H and O–H groups in total. The molecule has 0 saturated heterocycles. The van der Waals surface area contributed by atoms with Crippen molar-refractivity contribution in [2.24, 2.45) is 17.8 Å². The van der Waals surface area contributed by atoms with E-state index in [1.165, 1.54) is 289 Å². The van der Waals surface area contributed by atoms with Crippen LogP contribution in [0.4, 0.5) is 0 Å². The molecule has 0 bridgehead atoms. The van der Waals surface area contributed by atoms with Gasteiger partial charge in [-0.15, -0.1) is 0 Å². The average molecular weight is 1590 g/mol. The summed E-state index contributed by atoms with van der Waals surface area (Å²) in [5.74, 6) is 0.331. The Hall–Kier alpha value is -1.94. The highest BCUT2D eigenvalue weighted by molar-refractivity contribution is 7.47. The van der Waals surface area contributed by atoms with Crippen molar-refractivity contribution in [2.75, 3.05) is 39.6 Å². The van der Waals surface area contributed by atoms with Crippen molar-refractivity contribution in [2.45, 2.75) is 497 Å². The molecule has 109 heavy (non-hydrogen) atoms. The standard InChI is InChI=1S/C90H176O17P2/c1-8-9-10-11-12-13-14-36-43-50-57-64-71-87(92)100-77-85(106-90(95)74-67-60-53-46-39-32-26-25-29-35-42-49-56-63-70-83(6)7)79-104-108(96,97)102-75-84(91)76-103-109(98,99)105-80-86(78-101-88(93)72-65-58-51-44-37-30-23-20-19-22-28-34-41-48-55-62-69-82(4)5)107-89(94)73-66-59-52-45-38-31-24-18-16-15-17-21-27-33-40-47-54-61-68-81(2)3/h81-86,91H,8-80H2,1-7H3,(H,96,97)(H,98,99)/t84-,85+,86+/m0/s1. The number of hydrogen-bond acceptors (Lipinski definition) is 15. The van der Waals surface area contributed by atoms with Crippen molar-refractivity contribution in [3.8, 4) is 0 Å². The fraction of sp³-hybridized carbons (Fsp3) is 0.956. The number of hydrogen-bond donors (Lipinski definition) is 3. The summed E-state index contributed by atoms with van der Waals surface area (Å²) in [6, 6.07) is 0.